The molecule has 52 valence electrons. The summed E-state index contributed by atoms with van der Waals surface area (Å²) in [5.74, 6) is 5.44. The second-order valence-corrected chi connectivity index (χ2v) is 2.08. The molecule has 9 heavy (non-hydrogen) atoms. The number of nitrogens with two attached hydrogens (primary N) is 1. The molecule has 0 unspecified atom stereocenters. The van der Waals surface area contributed by atoms with Gasteiger partial charge in [-0.3, -0.25) is 0 Å². The molecular formula is C7H14N2. The van der Waals surface area contributed by atoms with E-state index in [0.717, 1.165) is 11.3 Å². The SMILES string of the molecule is C=C/C(C)=C(/C)N(C)N. The van der Waals surface area contributed by atoms with Crippen molar-refractivity contribution in [1.29, 1.82) is 0 Å². The average molecular weight is 126 g/mol. The smallest absolute Gasteiger partial charge is 0.0286 e. The van der Waals surface area contributed by atoms with Gasteiger partial charge >= 0.3 is 0 Å². The predicted molar refractivity (Wildman–Crippen MR) is 40.5 cm³/mol. The molecule has 0 spiro atoms. The van der Waals surface area contributed by atoms with Crippen LogP contribution in [-0.4, -0.2) is 12.1 Å². The second-order valence-electron chi connectivity index (χ2n) is 2.08. The fourth-order valence-electron chi connectivity index (χ4n) is 0.426. The van der Waals surface area contributed by atoms with Crippen LogP contribution in [0, 0.1) is 0 Å². The van der Waals surface area contributed by atoms with Crippen LogP contribution >= 0.6 is 0 Å². The zero-order valence-corrected chi connectivity index (χ0v) is 6.31. The molecule has 0 rings (SSSR count). The normalized spacial score (nSPS) is 12.4. The summed E-state index contributed by atoms with van der Waals surface area (Å²) in [6, 6.07) is 0. The standard InChI is InChI=1S/C7H14N2/c1-5-6(2)7(3)9(4)8/h5H,1,8H2,2-4H3/b7-6-. The first-order valence-corrected chi connectivity index (χ1v) is 2.88. The molecule has 0 aromatic carbocycles. The second kappa shape index (κ2) is 3.30. The summed E-state index contributed by atoms with van der Waals surface area (Å²) >= 11 is 0. The maximum absolute atomic E-state index is 5.44. The van der Waals surface area contributed by atoms with Crippen LogP contribution in [0.3, 0.4) is 0 Å². The van der Waals surface area contributed by atoms with Crippen molar-refractivity contribution in [3.8, 4) is 0 Å². The Kier molecular flexibility index (Phi) is 3.02. The molecule has 0 radical (unpaired) electrons. The maximum atomic E-state index is 5.44. The van der Waals surface area contributed by atoms with Crippen LogP contribution in [-0.2, 0) is 0 Å². The van der Waals surface area contributed by atoms with Gasteiger partial charge in [-0.2, -0.15) is 0 Å². The van der Waals surface area contributed by atoms with Crippen molar-refractivity contribution < 1.29 is 0 Å². The summed E-state index contributed by atoms with van der Waals surface area (Å²) < 4.78 is 0. The van der Waals surface area contributed by atoms with E-state index in [4.69, 9.17) is 5.84 Å². The number of nitrogens with zero attached hydrogens (tertiary/aromatic N) is 1. The first-order valence-electron chi connectivity index (χ1n) is 2.88. The molecule has 0 amide bonds. The van der Waals surface area contributed by atoms with Gasteiger partial charge in [0.15, 0.2) is 0 Å². The first-order chi connectivity index (χ1) is 4.09. The van der Waals surface area contributed by atoms with Gasteiger partial charge in [0.25, 0.3) is 0 Å². The minimum Gasteiger partial charge on any atom is -0.318 e. The van der Waals surface area contributed by atoms with E-state index in [1.54, 1.807) is 11.1 Å². The van der Waals surface area contributed by atoms with E-state index in [0.29, 0.717) is 0 Å². The number of hydrazine groups is 1. The Morgan fingerprint density at radius 2 is 2.00 bits per heavy atom. The third-order valence-corrected chi connectivity index (χ3v) is 1.41. The molecule has 0 saturated heterocycles. The van der Waals surface area contributed by atoms with Crippen molar-refractivity contribution in [2.24, 2.45) is 5.84 Å². The lowest BCUT2D eigenvalue weighted by Gasteiger charge is -2.13. The van der Waals surface area contributed by atoms with Crippen LogP contribution in [0.15, 0.2) is 23.9 Å². The van der Waals surface area contributed by atoms with E-state index < -0.39 is 0 Å². The molecule has 0 heterocycles. The molecule has 2 heteroatoms. The van der Waals surface area contributed by atoms with Crippen LogP contribution in [0.4, 0.5) is 0 Å². The van der Waals surface area contributed by atoms with Gasteiger partial charge in [0, 0.05) is 12.7 Å². The van der Waals surface area contributed by atoms with Gasteiger partial charge in [-0.15, -0.1) is 0 Å². The minimum atomic E-state index is 1.05. The highest BCUT2D eigenvalue weighted by atomic mass is 15.4. The van der Waals surface area contributed by atoms with Gasteiger partial charge in [-0.05, 0) is 19.4 Å². The summed E-state index contributed by atoms with van der Waals surface area (Å²) in [6.45, 7) is 7.56. The Balaban J connectivity index is 4.27. The molecule has 0 aliphatic rings. The summed E-state index contributed by atoms with van der Waals surface area (Å²) in [4.78, 5) is 0. The van der Waals surface area contributed by atoms with Crippen molar-refractivity contribution in [3.05, 3.63) is 23.9 Å². The molecule has 0 aliphatic carbocycles. The van der Waals surface area contributed by atoms with Crippen molar-refractivity contribution in [2.75, 3.05) is 7.05 Å². The predicted octanol–water partition coefficient (Wildman–Crippen LogP) is 1.27. The van der Waals surface area contributed by atoms with E-state index in [9.17, 15) is 0 Å². The number of rotatable bonds is 2. The van der Waals surface area contributed by atoms with Gasteiger partial charge in [-0.25, -0.2) is 5.84 Å². The van der Waals surface area contributed by atoms with E-state index in [1.165, 1.54) is 0 Å². The van der Waals surface area contributed by atoms with Gasteiger partial charge in [-0.1, -0.05) is 12.7 Å². The zero-order valence-electron chi connectivity index (χ0n) is 6.31. The molecular weight excluding hydrogens is 112 g/mol. The fourth-order valence-corrected chi connectivity index (χ4v) is 0.426. The van der Waals surface area contributed by atoms with E-state index in [-0.39, 0.29) is 0 Å². The molecule has 0 bridgehead atoms. The highest BCUT2D eigenvalue weighted by Crippen LogP contribution is 2.03. The van der Waals surface area contributed by atoms with Crippen molar-refractivity contribution in [1.82, 2.24) is 5.01 Å². The zero-order chi connectivity index (χ0) is 7.44. The molecule has 0 aromatic heterocycles. The molecule has 0 aromatic rings. The largest absolute Gasteiger partial charge is 0.318 e. The Morgan fingerprint density at radius 1 is 1.56 bits per heavy atom. The summed E-state index contributed by atoms with van der Waals surface area (Å²) in [7, 11) is 1.81. The number of hydrogen-bond acceptors (Lipinski definition) is 2. The Bertz CT molecular complexity index is 134. The molecule has 2 N–H and O–H groups in total. The lowest BCUT2D eigenvalue weighted by molar-refractivity contribution is 0.438. The summed E-state index contributed by atoms with van der Waals surface area (Å²) in [5.41, 5.74) is 2.16. The lowest BCUT2D eigenvalue weighted by atomic mass is 10.2. The molecule has 0 atom stereocenters. The van der Waals surface area contributed by atoms with Crippen LogP contribution in [0.5, 0.6) is 0 Å². The van der Waals surface area contributed by atoms with E-state index in [2.05, 4.69) is 6.58 Å². The van der Waals surface area contributed by atoms with E-state index in [1.807, 2.05) is 20.9 Å². The van der Waals surface area contributed by atoms with Crippen molar-refractivity contribution in [2.45, 2.75) is 13.8 Å². The molecule has 0 saturated carbocycles. The third kappa shape index (κ3) is 2.33. The molecule has 0 aliphatic heterocycles. The maximum Gasteiger partial charge on any atom is 0.0286 e. The van der Waals surface area contributed by atoms with E-state index >= 15 is 0 Å². The number of hydrogen-bond donors (Lipinski definition) is 1. The highest BCUT2D eigenvalue weighted by molar-refractivity contribution is 5.18. The van der Waals surface area contributed by atoms with Gasteiger partial charge < -0.3 is 5.01 Å². The lowest BCUT2D eigenvalue weighted by Crippen LogP contribution is -2.24. The topological polar surface area (TPSA) is 29.3 Å². The Hall–Kier alpha value is -0.760. The van der Waals surface area contributed by atoms with Crippen LogP contribution in [0.25, 0.3) is 0 Å². The quantitative estimate of drug-likeness (QED) is 0.343. The summed E-state index contributed by atoms with van der Waals surface area (Å²) in [6.07, 6.45) is 1.79. The minimum absolute atomic E-state index is 1.05. The van der Waals surface area contributed by atoms with Crippen molar-refractivity contribution >= 4 is 0 Å². The van der Waals surface area contributed by atoms with Crippen LogP contribution in [0.1, 0.15) is 13.8 Å². The monoisotopic (exact) mass is 126 g/mol. The fraction of sp³-hybridized carbons (Fsp3) is 0.429. The Labute approximate surface area is 56.6 Å². The third-order valence-electron chi connectivity index (χ3n) is 1.41. The molecule has 2 nitrogen and oxygen atoms in total. The van der Waals surface area contributed by atoms with Gasteiger partial charge in [0.2, 0.25) is 0 Å². The van der Waals surface area contributed by atoms with Crippen LogP contribution < -0.4 is 5.84 Å². The highest BCUT2D eigenvalue weighted by Gasteiger charge is 1.92. The van der Waals surface area contributed by atoms with Gasteiger partial charge in [0.05, 0.1) is 0 Å². The average Bonchev–Trinajstić information content (AvgIpc) is 1.84. The summed E-state index contributed by atoms with van der Waals surface area (Å²) in [5, 5.41) is 1.58. The molecule has 0 fully saturated rings. The first kappa shape index (κ1) is 8.24. The van der Waals surface area contributed by atoms with Gasteiger partial charge in [0.1, 0.15) is 0 Å². The van der Waals surface area contributed by atoms with Crippen molar-refractivity contribution in [3.63, 3.8) is 0 Å². The number of allylic oxidation sites excluding steroid dienone is 3. The van der Waals surface area contributed by atoms with Crippen LogP contribution in [0.2, 0.25) is 0 Å². The Morgan fingerprint density at radius 3 is 2.11 bits per heavy atom.